The lowest BCUT2D eigenvalue weighted by atomic mass is 10.1. The molecule has 0 aromatic heterocycles. The number of aryl methyl sites for hydroxylation is 1. The molecule has 0 saturated carbocycles. The van der Waals surface area contributed by atoms with Gasteiger partial charge in [0.15, 0.2) is 0 Å². The highest BCUT2D eigenvalue weighted by Crippen LogP contribution is 2.25. The lowest BCUT2D eigenvalue weighted by Crippen LogP contribution is -2.20. The van der Waals surface area contributed by atoms with Crippen molar-refractivity contribution in [3.63, 3.8) is 0 Å². The van der Waals surface area contributed by atoms with Crippen LogP contribution in [0.15, 0.2) is 56.9 Å². The number of hydrogen-bond donors (Lipinski definition) is 1. The molecule has 0 fully saturated rings. The van der Waals surface area contributed by atoms with Gasteiger partial charge in [-0.3, -0.25) is 0 Å². The number of hydrogen-bond acceptors (Lipinski definition) is 4. The van der Waals surface area contributed by atoms with E-state index >= 15 is 0 Å². The lowest BCUT2D eigenvalue weighted by molar-refractivity contribution is 0.412. The molecule has 0 saturated heterocycles. The van der Waals surface area contributed by atoms with Gasteiger partial charge in [-0.25, -0.2) is 0 Å². The fourth-order valence-corrected chi connectivity index (χ4v) is 3.25. The van der Waals surface area contributed by atoms with Crippen molar-refractivity contribution in [2.24, 2.45) is 5.10 Å². The molecule has 0 aliphatic carbocycles. The summed E-state index contributed by atoms with van der Waals surface area (Å²) in [5.41, 5.74) is 2.32. The van der Waals surface area contributed by atoms with Crippen LogP contribution in [0.2, 0.25) is 0 Å². The minimum atomic E-state index is -3.68. The van der Waals surface area contributed by atoms with Crippen molar-refractivity contribution >= 4 is 31.7 Å². The van der Waals surface area contributed by atoms with Crippen LogP contribution in [0.3, 0.4) is 0 Å². The second-order valence-electron chi connectivity index (χ2n) is 4.95. The van der Waals surface area contributed by atoms with Crippen LogP contribution in [0.1, 0.15) is 18.1 Å². The second-order valence-corrected chi connectivity index (χ2v) is 7.47. The fourth-order valence-electron chi connectivity index (χ4n) is 1.85. The quantitative estimate of drug-likeness (QED) is 0.621. The Morgan fingerprint density at radius 3 is 2.39 bits per heavy atom. The molecular weight excluding hydrogens is 380 g/mol. The van der Waals surface area contributed by atoms with Crippen LogP contribution >= 0.6 is 15.9 Å². The molecular formula is C16H17BrN2O3S. The van der Waals surface area contributed by atoms with E-state index in [0.29, 0.717) is 11.5 Å². The Kier molecular flexibility index (Phi) is 5.43. The maximum Gasteiger partial charge on any atom is 0.276 e. The maximum absolute atomic E-state index is 12.2. The second kappa shape index (κ2) is 7.14. The molecule has 0 heterocycles. The Balaban J connectivity index is 2.21. The number of ether oxygens (including phenoxy) is 1. The highest BCUT2D eigenvalue weighted by atomic mass is 79.9. The molecule has 0 unspecified atom stereocenters. The van der Waals surface area contributed by atoms with Crippen molar-refractivity contribution in [2.75, 3.05) is 7.11 Å². The monoisotopic (exact) mass is 396 g/mol. The van der Waals surface area contributed by atoms with Crippen LogP contribution in [0.25, 0.3) is 0 Å². The van der Waals surface area contributed by atoms with Crippen LogP contribution in [-0.4, -0.2) is 21.2 Å². The standard InChI is InChI=1S/C16H17BrN2O3S/c1-11-4-7-14(8-5-11)23(20,21)19-18-12(2)13-6-9-16(22-3)15(17)10-13/h4-10,19H,1-3H3. The molecule has 0 aliphatic heterocycles. The maximum atomic E-state index is 12.2. The third-order valence-electron chi connectivity index (χ3n) is 3.23. The molecule has 0 radical (unpaired) electrons. The van der Waals surface area contributed by atoms with E-state index in [1.54, 1.807) is 44.4 Å². The van der Waals surface area contributed by atoms with Crippen molar-refractivity contribution in [3.05, 3.63) is 58.1 Å². The molecule has 0 amide bonds. The predicted molar refractivity (Wildman–Crippen MR) is 94.4 cm³/mol. The first-order chi connectivity index (χ1) is 10.8. The van der Waals surface area contributed by atoms with Crippen molar-refractivity contribution < 1.29 is 13.2 Å². The summed E-state index contributed by atoms with van der Waals surface area (Å²) in [6, 6.07) is 12.0. The molecule has 23 heavy (non-hydrogen) atoms. The Morgan fingerprint density at radius 1 is 1.17 bits per heavy atom. The Hall–Kier alpha value is -1.86. The number of nitrogens with one attached hydrogen (secondary N) is 1. The molecule has 5 nitrogen and oxygen atoms in total. The van der Waals surface area contributed by atoms with E-state index in [0.717, 1.165) is 15.6 Å². The zero-order chi connectivity index (χ0) is 17.0. The minimum Gasteiger partial charge on any atom is -0.496 e. The first kappa shape index (κ1) is 17.5. The topological polar surface area (TPSA) is 67.8 Å². The van der Waals surface area contributed by atoms with E-state index in [9.17, 15) is 8.42 Å². The summed E-state index contributed by atoms with van der Waals surface area (Å²) in [4.78, 5) is 2.43. The molecule has 2 aromatic carbocycles. The van der Waals surface area contributed by atoms with Crippen LogP contribution in [0, 0.1) is 6.92 Å². The molecule has 0 bridgehead atoms. The zero-order valence-electron chi connectivity index (χ0n) is 13.0. The van der Waals surface area contributed by atoms with E-state index in [2.05, 4.69) is 25.9 Å². The highest BCUT2D eigenvalue weighted by molar-refractivity contribution is 9.10. The molecule has 0 atom stereocenters. The molecule has 0 spiro atoms. The number of hydrazone groups is 1. The van der Waals surface area contributed by atoms with Gasteiger partial charge in [0.05, 0.1) is 22.2 Å². The third-order valence-corrected chi connectivity index (χ3v) is 5.08. The van der Waals surface area contributed by atoms with Crippen molar-refractivity contribution in [2.45, 2.75) is 18.7 Å². The normalized spacial score (nSPS) is 12.1. The van der Waals surface area contributed by atoms with Crippen LogP contribution in [0.4, 0.5) is 0 Å². The van der Waals surface area contributed by atoms with Gasteiger partial charge in [0, 0.05) is 0 Å². The van der Waals surface area contributed by atoms with E-state index in [4.69, 9.17) is 4.74 Å². The van der Waals surface area contributed by atoms with Gasteiger partial charge < -0.3 is 4.74 Å². The largest absolute Gasteiger partial charge is 0.496 e. The molecule has 0 aliphatic rings. The average Bonchev–Trinajstić information content (AvgIpc) is 2.53. The SMILES string of the molecule is COc1ccc(C(C)=NNS(=O)(=O)c2ccc(C)cc2)cc1Br. The summed E-state index contributed by atoms with van der Waals surface area (Å²) in [6.07, 6.45) is 0. The molecule has 2 aromatic rings. The number of benzene rings is 2. The van der Waals surface area contributed by atoms with Crippen molar-refractivity contribution in [3.8, 4) is 5.75 Å². The minimum absolute atomic E-state index is 0.176. The first-order valence-electron chi connectivity index (χ1n) is 6.80. The zero-order valence-corrected chi connectivity index (χ0v) is 15.4. The van der Waals surface area contributed by atoms with Crippen LogP contribution in [0.5, 0.6) is 5.75 Å². The predicted octanol–water partition coefficient (Wildman–Crippen LogP) is 3.47. The van der Waals surface area contributed by atoms with E-state index in [1.807, 2.05) is 19.1 Å². The summed E-state index contributed by atoms with van der Waals surface area (Å²) >= 11 is 3.39. The number of sulfonamides is 1. The van der Waals surface area contributed by atoms with E-state index in [1.165, 1.54) is 0 Å². The summed E-state index contributed by atoms with van der Waals surface area (Å²) < 4.78 is 30.3. The Morgan fingerprint density at radius 2 is 1.83 bits per heavy atom. The number of methoxy groups -OCH3 is 1. The Labute approximate surface area is 144 Å². The van der Waals surface area contributed by atoms with Gasteiger partial charge in [-0.2, -0.15) is 18.4 Å². The Bertz CT molecular complexity index is 831. The van der Waals surface area contributed by atoms with Crippen molar-refractivity contribution in [1.29, 1.82) is 0 Å². The molecule has 1 N–H and O–H groups in total. The molecule has 122 valence electrons. The van der Waals surface area contributed by atoms with Gasteiger partial charge in [0.25, 0.3) is 10.0 Å². The highest BCUT2D eigenvalue weighted by Gasteiger charge is 2.13. The van der Waals surface area contributed by atoms with Gasteiger partial charge in [-0.1, -0.05) is 17.7 Å². The van der Waals surface area contributed by atoms with E-state index < -0.39 is 10.0 Å². The van der Waals surface area contributed by atoms with Crippen LogP contribution in [-0.2, 0) is 10.0 Å². The van der Waals surface area contributed by atoms with Crippen molar-refractivity contribution in [1.82, 2.24) is 4.83 Å². The van der Waals surface area contributed by atoms with Gasteiger partial charge in [-0.05, 0) is 65.7 Å². The van der Waals surface area contributed by atoms with Gasteiger partial charge in [0.1, 0.15) is 5.75 Å². The molecule has 2 rings (SSSR count). The summed E-state index contributed by atoms with van der Waals surface area (Å²) in [5.74, 6) is 0.696. The lowest BCUT2D eigenvalue weighted by Gasteiger charge is -2.08. The number of halogens is 1. The number of rotatable bonds is 5. The van der Waals surface area contributed by atoms with E-state index in [-0.39, 0.29) is 4.90 Å². The summed E-state index contributed by atoms with van der Waals surface area (Å²) in [7, 11) is -2.10. The van der Waals surface area contributed by atoms with Crippen LogP contribution < -0.4 is 9.57 Å². The first-order valence-corrected chi connectivity index (χ1v) is 9.08. The van der Waals surface area contributed by atoms with Gasteiger partial charge in [-0.15, -0.1) is 0 Å². The summed E-state index contributed by atoms with van der Waals surface area (Å²) in [6.45, 7) is 3.62. The van der Waals surface area contributed by atoms with Gasteiger partial charge >= 0.3 is 0 Å². The average molecular weight is 397 g/mol. The smallest absolute Gasteiger partial charge is 0.276 e. The molecule has 7 heteroatoms. The van der Waals surface area contributed by atoms with Gasteiger partial charge in [0.2, 0.25) is 0 Å². The third kappa shape index (κ3) is 4.33. The summed E-state index contributed by atoms with van der Waals surface area (Å²) in [5, 5.41) is 3.98. The number of nitrogens with zero attached hydrogens (tertiary/aromatic N) is 1. The fraction of sp³-hybridized carbons (Fsp3) is 0.188.